The van der Waals surface area contributed by atoms with E-state index in [4.69, 9.17) is 9.47 Å². The molecule has 0 heterocycles. The van der Waals surface area contributed by atoms with E-state index in [9.17, 15) is 19.2 Å². The molecule has 0 unspecified atom stereocenters. The number of aliphatic imine (C=N–C) groups is 2. The molecule has 0 saturated heterocycles. The second-order valence-electron chi connectivity index (χ2n) is 5.61. The summed E-state index contributed by atoms with van der Waals surface area (Å²) in [6.45, 7) is 1.43. The number of carbonyl (C=O) groups excluding carboxylic acids is 4. The molecule has 152 valence electrons. The number of alkyl carbamates (subject to hydrolysis) is 2. The Labute approximate surface area is 158 Å². The normalized spacial score (nSPS) is 9.48. The van der Waals surface area contributed by atoms with E-state index in [-0.39, 0.29) is 0 Å². The second-order valence-corrected chi connectivity index (χ2v) is 5.61. The van der Waals surface area contributed by atoms with Crippen LogP contribution in [0, 0.1) is 0 Å². The molecule has 27 heavy (non-hydrogen) atoms. The summed E-state index contributed by atoms with van der Waals surface area (Å²) in [4.78, 5) is 49.4. The van der Waals surface area contributed by atoms with Gasteiger partial charge in [-0.3, -0.25) is 0 Å². The first-order valence-corrected chi connectivity index (χ1v) is 9.09. The van der Waals surface area contributed by atoms with Crippen LogP contribution in [0.15, 0.2) is 9.98 Å². The van der Waals surface area contributed by atoms with Gasteiger partial charge in [0.05, 0.1) is 13.1 Å². The van der Waals surface area contributed by atoms with Crippen LogP contribution in [-0.4, -0.2) is 57.3 Å². The zero-order valence-corrected chi connectivity index (χ0v) is 15.5. The maximum atomic E-state index is 11.4. The molecule has 0 aliphatic heterocycles. The molecule has 10 heteroatoms. The quantitative estimate of drug-likeness (QED) is 0.181. The summed E-state index contributed by atoms with van der Waals surface area (Å²) >= 11 is 0. The minimum absolute atomic E-state index is 0.453. The average molecular weight is 384 g/mol. The molecule has 0 atom stereocenters. The minimum Gasteiger partial charge on any atom is -0.412 e. The molecule has 0 aromatic carbocycles. The Bertz CT molecular complexity index is 458. The van der Waals surface area contributed by atoms with Gasteiger partial charge in [-0.05, 0) is 25.7 Å². The van der Waals surface area contributed by atoms with E-state index in [0.717, 1.165) is 51.4 Å². The van der Waals surface area contributed by atoms with Gasteiger partial charge < -0.3 is 20.1 Å². The molecule has 0 rings (SSSR count). The third-order valence-corrected chi connectivity index (χ3v) is 3.44. The molecule has 0 bridgehead atoms. The van der Waals surface area contributed by atoms with Crippen molar-refractivity contribution < 1.29 is 28.7 Å². The lowest BCUT2D eigenvalue weighted by atomic mass is 10.2. The van der Waals surface area contributed by atoms with Crippen molar-refractivity contribution >= 4 is 24.3 Å². The van der Waals surface area contributed by atoms with Crippen molar-refractivity contribution in [3.8, 4) is 0 Å². The topological polar surface area (TPSA) is 136 Å². The molecule has 0 aromatic rings. The lowest BCUT2D eigenvalue weighted by Crippen LogP contribution is -2.30. The Morgan fingerprint density at radius 2 is 1.07 bits per heavy atom. The summed E-state index contributed by atoms with van der Waals surface area (Å²) in [5, 5.41) is 5.10. The van der Waals surface area contributed by atoms with Gasteiger partial charge in [0.1, 0.15) is 0 Å². The number of hydrogen-bond donors (Lipinski definition) is 2. The standard InChI is InChI=1S/C17H28N4O6/c22-13-18-9-5-1-3-7-11-20-16(24)26-15-27-17(25)21-12-8-4-2-6-10-19-14-23/h1-12,15H2,(H,20,24)(H,21,25). The Balaban J connectivity index is 3.38. The molecule has 2 N–H and O–H groups in total. The number of amides is 2. The third kappa shape index (κ3) is 19.5. The van der Waals surface area contributed by atoms with Gasteiger partial charge in [-0.25, -0.2) is 29.2 Å². The number of nitrogens with one attached hydrogen (secondary N) is 2. The summed E-state index contributed by atoms with van der Waals surface area (Å²) in [6.07, 6.45) is 8.50. The van der Waals surface area contributed by atoms with Gasteiger partial charge in [-0.15, -0.1) is 0 Å². The van der Waals surface area contributed by atoms with Gasteiger partial charge in [0.15, 0.2) is 0 Å². The molecule has 10 nitrogen and oxygen atoms in total. The summed E-state index contributed by atoms with van der Waals surface area (Å²) in [5.41, 5.74) is 0. The van der Waals surface area contributed by atoms with E-state index in [1.165, 1.54) is 12.2 Å². The highest BCUT2D eigenvalue weighted by Crippen LogP contribution is 1.99. The average Bonchev–Trinajstić information content (AvgIpc) is 2.66. The SMILES string of the molecule is O=C=NCCCCCCNC(=O)OCOC(=O)NCCCCCCN=C=O. The lowest BCUT2D eigenvalue weighted by Gasteiger charge is -2.08. The van der Waals surface area contributed by atoms with Gasteiger partial charge in [0.2, 0.25) is 19.0 Å². The maximum Gasteiger partial charge on any atom is 0.410 e. The summed E-state index contributed by atoms with van der Waals surface area (Å²) < 4.78 is 9.44. The van der Waals surface area contributed by atoms with Gasteiger partial charge in [-0.2, -0.15) is 0 Å². The fourth-order valence-electron chi connectivity index (χ4n) is 2.05. The van der Waals surface area contributed by atoms with Crippen LogP contribution in [0.25, 0.3) is 0 Å². The molecule has 0 aliphatic rings. The molecule has 0 spiro atoms. The smallest absolute Gasteiger partial charge is 0.410 e. The van der Waals surface area contributed by atoms with Crippen LogP contribution in [0.3, 0.4) is 0 Å². The van der Waals surface area contributed by atoms with Crippen molar-refractivity contribution in [2.75, 3.05) is 33.0 Å². The number of ether oxygens (including phenoxy) is 2. The highest BCUT2D eigenvalue weighted by atomic mass is 16.7. The van der Waals surface area contributed by atoms with E-state index in [1.807, 2.05) is 0 Å². The fraction of sp³-hybridized carbons (Fsp3) is 0.765. The van der Waals surface area contributed by atoms with Crippen molar-refractivity contribution in [2.24, 2.45) is 9.98 Å². The number of hydrogen-bond acceptors (Lipinski definition) is 8. The molecule has 2 amide bonds. The van der Waals surface area contributed by atoms with Crippen LogP contribution in [0.2, 0.25) is 0 Å². The number of isocyanates is 2. The summed E-state index contributed by atoms with van der Waals surface area (Å²) in [5.74, 6) is 0. The number of rotatable bonds is 16. The highest BCUT2D eigenvalue weighted by molar-refractivity contribution is 5.68. The predicted molar refractivity (Wildman–Crippen MR) is 96.7 cm³/mol. The van der Waals surface area contributed by atoms with Gasteiger partial charge in [0.25, 0.3) is 0 Å². The van der Waals surface area contributed by atoms with Crippen LogP contribution < -0.4 is 10.6 Å². The largest absolute Gasteiger partial charge is 0.412 e. The van der Waals surface area contributed by atoms with Gasteiger partial charge >= 0.3 is 12.2 Å². The van der Waals surface area contributed by atoms with E-state index in [2.05, 4.69) is 20.6 Å². The fourth-order valence-corrected chi connectivity index (χ4v) is 2.05. The first kappa shape index (κ1) is 24.3. The molecular weight excluding hydrogens is 356 g/mol. The number of carbonyl (C=O) groups is 2. The second kappa shape index (κ2) is 19.6. The van der Waals surface area contributed by atoms with Crippen molar-refractivity contribution in [1.82, 2.24) is 10.6 Å². The van der Waals surface area contributed by atoms with Crippen LogP contribution in [-0.2, 0) is 19.1 Å². The van der Waals surface area contributed by atoms with E-state index in [1.54, 1.807) is 0 Å². The van der Waals surface area contributed by atoms with Crippen LogP contribution >= 0.6 is 0 Å². The molecule has 0 fully saturated rings. The number of nitrogens with zero attached hydrogens (tertiary/aromatic N) is 2. The van der Waals surface area contributed by atoms with Gasteiger partial charge in [-0.1, -0.05) is 25.7 Å². The van der Waals surface area contributed by atoms with Crippen LogP contribution in [0.4, 0.5) is 9.59 Å². The van der Waals surface area contributed by atoms with Crippen molar-refractivity contribution in [3.05, 3.63) is 0 Å². The molecule has 0 aliphatic carbocycles. The first-order chi connectivity index (χ1) is 13.2. The molecular formula is C17H28N4O6. The zero-order valence-electron chi connectivity index (χ0n) is 15.5. The van der Waals surface area contributed by atoms with Crippen LogP contribution in [0.5, 0.6) is 0 Å². The van der Waals surface area contributed by atoms with E-state index < -0.39 is 19.0 Å². The van der Waals surface area contributed by atoms with E-state index >= 15 is 0 Å². The Morgan fingerprint density at radius 1 is 0.667 bits per heavy atom. The number of unbranched alkanes of at least 4 members (excludes halogenated alkanes) is 6. The maximum absolute atomic E-state index is 11.4. The molecule has 0 saturated carbocycles. The Morgan fingerprint density at radius 3 is 1.48 bits per heavy atom. The summed E-state index contributed by atoms with van der Waals surface area (Å²) in [6, 6.07) is 0. The monoisotopic (exact) mass is 384 g/mol. The minimum atomic E-state index is -0.647. The van der Waals surface area contributed by atoms with Crippen LogP contribution in [0.1, 0.15) is 51.4 Å². The van der Waals surface area contributed by atoms with Crippen molar-refractivity contribution in [2.45, 2.75) is 51.4 Å². The van der Waals surface area contributed by atoms with Crippen molar-refractivity contribution in [1.29, 1.82) is 0 Å². The first-order valence-electron chi connectivity index (χ1n) is 9.09. The van der Waals surface area contributed by atoms with E-state index in [0.29, 0.717) is 26.2 Å². The Kier molecular flexibility index (Phi) is 17.7. The summed E-state index contributed by atoms with van der Waals surface area (Å²) in [7, 11) is 0. The highest BCUT2D eigenvalue weighted by Gasteiger charge is 2.04. The molecule has 0 aromatic heterocycles. The van der Waals surface area contributed by atoms with Gasteiger partial charge in [0, 0.05) is 13.1 Å². The predicted octanol–water partition coefficient (Wildman–Crippen LogP) is 2.19. The van der Waals surface area contributed by atoms with Crippen molar-refractivity contribution in [3.63, 3.8) is 0 Å². The third-order valence-electron chi connectivity index (χ3n) is 3.44. The Hall–Kier alpha value is -2.70. The zero-order chi connectivity index (χ0) is 20.0. The molecule has 0 radical (unpaired) electrons. The lowest BCUT2D eigenvalue weighted by molar-refractivity contribution is 0.0244.